The van der Waals surface area contributed by atoms with E-state index in [0.717, 1.165) is 20.0 Å². The summed E-state index contributed by atoms with van der Waals surface area (Å²) >= 11 is 5.96. The maximum Gasteiger partial charge on any atom is 0.174 e. The Hall–Kier alpha value is -0.870. The zero-order valence-corrected chi connectivity index (χ0v) is 9.49. The Morgan fingerprint density at radius 3 is 3.00 bits per heavy atom. The SMILES string of the molecule is CCOc1cc2ccc(N)c(S)c2s1. The molecule has 0 radical (unpaired) electrons. The standard InChI is InChI=1S/C10H11NOS2/c1-2-12-8-5-6-3-4-7(11)9(13)10(6)14-8/h3-5,13H,2,11H2,1H3. The first-order valence-electron chi connectivity index (χ1n) is 4.36. The van der Waals surface area contributed by atoms with Crippen molar-refractivity contribution >= 4 is 39.7 Å². The van der Waals surface area contributed by atoms with Gasteiger partial charge in [-0.15, -0.1) is 12.6 Å². The first kappa shape index (κ1) is 9.68. The van der Waals surface area contributed by atoms with Gasteiger partial charge in [-0.1, -0.05) is 17.4 Å². The quantitative estimate of drug-likeness (QED) is 0.608. The molecule has 2 aromatic rings. The van der Waals surface area contributed by atoms with Gasteiger partial charge in [0.25, 0.3) is 0 Å². The molecule has 74 valence electrons. The predicted molar refractivity (Wildman–Crippen MR) is 64.7 cm³/mol. The number of ether oxygens (including phenoxy) is 1. The Balaban J connectivity index is 2.59. The molecule has 0 fully saturated rings. The lowest BCUT2D eigenvalue weighted by Gasteiger charge is -1.98. The summed E-state index contributed by atoms with van der Waals surface area (Å²) in [6, 6.07) is 5.87. The van der Waals surface area contributed by atoms with E-state index in [9.17, 15) is 0 Å². The van der Waals surface area contributed by atoms with Crippen LogP contribution in [0.1, 0.15) is 6.92 Å². The van der Waals surface area contributed by atoms with Gasteiger partial charge in [0.05, 0.1) is 11.3 Å². The van der Waals surface area contributed by atoms with Crippen LogP contribution in [-0.4, -0.2) is 6.61 Å². The topological polar surface area (TPSA) is 35.2 Å². The third kappa shape index (κ3) is 1.55. The molecule has 14 heavy (non-hydrogen) atoms. The van der Waals surface area contributed by atoms with E-state index >= 15 is 0 Å². The van der Waals surface area contributed by atoms with Crippen molar-refractivity contribution < 1.29 is 4.74 Å². The molecule has 0 amide bonds. The molecule has 0 saturated heterocycles. The van der Waals surface area contributed by atoms with Gasteiger partial charge in [-0.2, -0.15) is 0 Å². The van der Waals surface area contributed by atoms with E-state index in [0.29, 0.717) is 12.3 Å². The van der Waals surface area contributed by atoms with Gasteiger partial charge in [-0.05, 0) is 24.4 Å². The van der Waals surface area contributed by atoms with Crippen molar-refractivity contribution in [3.8, 4) is 5.06 Å². The minimum Gasteiger partial charge on any atom is -0.484 e. The second kappa shape index (κ2) is 3.71. The van der Waals surface area contributed by atoms with E-state index < -0.39 is 0 Å². The van der Waals surface area contributed by atoms with E-state index in [2.05, 4.69) is 12.6 Å². The fraction of sp³-hybridized carbons (Fsp3) is 0.200. The minimum atomic E-state index is 0.685. The highest BCUT2D eigenvalue weighted by molar-refractivity contribution is 7.81. The van der Waals surface area contributed by atoms with Crippen molar-refractivity contribution in [2.24, 2.45) is 0 Å². The summed E-state index contributed by atoms with van der Waals surface area (Å²) < 4.78 is 6.52. The zero-order chi connectivity index (χ0) is 10.1. The predicted octanol–water partition coefficient (Wildman–Crippen LogP) is 3.17. The van der Waals surface area contributed by atoms with Gasteiger partial charge in [-0.25, -0.2) is 0 Å². The molecule has 0 aliphatic carbocycles. The Bertz CT molecular complexity index is 464. The highest BCUT2D eigenvalue weighted by Gasteiger charge is 2.06. The van der Waals surface area contributed by atoms with E-state index in [1.54, 1.807) is 11.3 Å². The lowest BCUT2D eigenvalue weighted by atomic mass is 10.2. The van der Waals surface area contributed by atoms with Gasteiger partial charge in [0.15, 0.2) is 5.06 Å². The summed E-state index contributed by atoms with van der Waals surface area (Å²) in [4.78, 5) is 0.846. The summed E-state index contributed by atoms with van der Waals surface area (Å²) in [5.41, 5.74) is 6.47. The molecule has 1 aromatic carbocycles. The van der Waals surface area contributed by atoms with Gasteiger partial charge in [0.2, 0.25) is 0 Å². The second-order valence-electron chi connectivity index (χ2n) is 2.92. The summed E-state index contributed by atoms with van der Waals surface area (Å²) in [6.07, 6.45) is 0. The number of hydrogen-bond donors (Lipinski definition) is 2. The number of nitrogen functional groups attached to an aromatic ring is 1. The highest BCUT2D eigenvalue weighted by Crippen LogP contribution is 2.37. The molecule has 0 bridgehead atoms. The van der Waals surface area contributed by atoms with Gasteiger partial charge < -0.3 is 10.5 Å². The third-order valence-electron chi connectivity index (χ3n) is 1.96. The molecule has 4 heteroatoms. The average Bonchev–Trinajstić information content (AvgIpc) is 2.56. The molecular formula is C10H11NOS2. The molecule has 2 rings (SSSR count). The van der Waals surface area contributed by atoms with E-state index in [1.165, 1.54) is 0 Å². The van der Waals surface area contributed by atoms with Crippen LogP contribution >= 0.6 is 24.0 Å². The van der Waals surface area contributed by atoms with Crippen molar-refractivity contribution in [1.82, 2.24) is 0 Å². The van der Waals surface area contributed by atoms with Crippen molar-refractivity contribution in [3.05, 3.63) is 18.2 Å². The van der Waals surface area contributed by atoms with E-state index in [1.807, 2.05) is 25.1 Å². The Morgan fingerprint density at radius 1 is 1.50 bits per heavy atom. The summed E-state index contributed by atoms with van der Waals surface area (Å²) in [5.74, 6) is 0. The van der Waals surface area contributed by atoms with Gasteiger partial charge in [0.1, 0.15) is 0 Å². The monoisotopic (exact) mass is 225 g/mol. The molecule has 0 saturated carbocycles. The van der Waals surface area contributed by atoms with Gasteiger partial charge >= 0.3 is 0 Å². The number of thiol groups is 1. The van der Waals surface area contributed by atoms with Crippen LogP contribution in [0, 0.1) is 0 Å². The van der Waals surface area contributed by atoms with Crippen LogP contribution in [0.5, 0.6) is 5.06 Å². The maximum atomic E-state index is 5.76. The van der Waals surface area contributed by atoms with E-state index in [-0.39, 0.29) is 0 Å². The summed E-state index contributed by atoms with van der Waals surface area (Å²) in [5, 5.41) is 2.06. The molecule has 2 nitrogen and oxygen atoms in total. The van der Waals surface area contributed by atoms with Gasteiger partial charge in [0, 0.05) is 10.6 Å². The largest absolute Gasteiger partial charge is 0.484 e. The van der Waals surface area contributed by atoms with Crippen LogP contribution in [0.3, 0.4) is 0 Å². The first-order chi connectivity index (χ1) is 6.72. The van der Waals surface area contributed by atoms with Crippen LogP contribution < -0.4 is 10.5 Å². The summed E-state index contributed by atoms with van der Waals surface area (Å²) in [6.45, 7) is 2.66. The van der Waals surface area contributed by atoms with Crippen molar-refractivity contribution in [3.63, 3.8) is 0 Å². The lowest BCUT2D eigenvalue weighted by molar-refractivity contribution is 0.350. The number of hydrogen-bond acceptors (Lipinski definition) is 4. The number of anilines is 1. The number of nitrogens with two attached hydrogens (primary N) is 1. The number of thiophene rings is 1. The molecule has 1 heterocycles. The molecule has 1 aromatic heterocycles. The molecule has 0 aliphatic rings. The normalized spacial score (nSPS) is 10.7. The Morgan fingerprint density at radius 2 is 2.29 bits per heavy atom. The number of rotatable bonds is 2. The Kier molecular flexibility index (Phi) is 2.56. The fourth-order valence-electron chi connectivity index (χ4n) is 1.29. The van der Waals surface area contributed by atoms with Gasteiger partial charge in [-0.3, -0.25) is 0 Å². The highest BCUT2D eigenvalue weighted by atomic mass is 32.1. The second-order valence-corrected chi connectivity index (χ2v) is 4.38. The average molecular weight is 225 g/mol. The molecule has 0 spiro atoms. The molecule has 2 N–H and O–H groups in total. The smallest absolute Gasteiger partial charge is 0.174 e. The van der Waals surface area contributed by atoms with Crippen LogP contribution in [0.25, 0.3) is 10.1 Å². The lowest BCUT2D eigenvalue weighted by Crippen LogP contribution is -1.86. The molecule has 0 atom stereocenters. The van der Waals surface area contributed by atoms with Crippen LogP contribution in [0.2, 0.25) is 0 Å². The fourth-order valence-corrected chi connectivity index (χ4v) is 2.66. The number of benzene rings is 1. The zero-order valence-electron chi connectivity index (χ0n) is 7.78. The molecule has 0 unspecified atom stereocenters. The van der Waals surface area contributed by atoms with Crippen molar-refractivity contribution in [2.75, 3.05) is 12.3 Å². The molecular weight excluding hydrogens is 214 g/mol. The van der Waals surface area contributed by atoms with Crippen LogP contribution in [0.15, 0.2) is 23.1 Å². The van der Waals surface area contributed by atoms with E-state index in [4.69, 9.17) is 10.5 Å². The summed E-state index contributed by atoms with van der Waals surface area (Å²) in [7, 11) is 0. The number of fused-ring (bicyclic) bond motifs is 1. The Labute approximate surface area is 92.1 Å². The van der Waals surface area contributed by atoms with Crippen molar-refractivity contribution in [2.45, 2.75) is 11.8 Å². The third-order valence-corrected chi connectivity index (χ3v) is 3.67. The first-order valence-corrected chi connectivity index (χ1v) is 5.62. The molecule has 0 aliphatic heterocycles. The van der Waals surface area contributed by atoms with Crippen molar-refractivity contribution in [1.29, 1.82) is 0 Å². The minimum absolute atomic E-state index is 0.685. The van der Waals surface area contributed by atoms with Crippen LogP contribution in [0.4, 0.5) is 5.69 Å². The maximum absolute atomic E-state index is 5.76. The van der Waals surface area contributed by atoms with Crippen LogP contribution in [-0.2, 0) is 0 Å².